The highest BCUT2D eigenvalue weighted by Gasteiger charge is 2.41. The van der Waals surface area contributed by atoms with Crippen LogP contribution in [0.2, 0.25) is 0 Å². The third-order valence-corrected chi connectivity index (χ3v) is 6.21. The van der Waals surface area contributed by atoms with Crippen molar-refractivity contribution < 1.29 is 26.8 Å². The molecule has 2 rings (SSSR count). The zero-order valence-electron chi connectivity index (χ0n) is 15.2. The molecule has 0 radical (unpaired) electrons. The molecule has 0 amide bonds. The fourth-order valence-corrected chi connectivity index (χ4v) is 4.74. The summed E-state index contributed by atoms with van der Waals surface area (Å²) >= 11 is 0. The normalized spacial score (nSPS) is 12.8. The van der Waals surface area contributed by atoms with Crippen LogP contribution in [0.25, 0.3) is 11.1 Å². The number of halogens is 3. The predicted molar refractivity (Wildman–Crippen MR) is 96.9 cm³/mol. The summed E-state index contributed by atoms with van der Waals surface area (Å²) in [5.41, 5.74) is 0.368. The largest absolute Gasteiger partial charge is 0.534 e. The van der Waals surface area contributed by atoms with Crippen LogP contribution in [0.5, 0.6) is 0 Å². The van der Waals surface area contributed by atoms with E-state index < -0.39 is 20.5 Å². The van der Waals surface area contributed by atoms with Crippen molar-refractivity contribution in [2.45, 2.75) is 46.1 Å². The Hall–Kier alpha value is -1.67. The van der Waals surface area contributed by atoms with Crippen LogP contribution in [0.4, 0.5) is 13.2 Å². The van der Waals surface area contributed by atoms with Gasteiger partial charge in [-0.2, -0.15) is 13.2 Å². The number of hydrogen-bond acceptors (Lipinski definition) is 3. The Labute approximate surface area is 152 Å². The van der Waals surface area contributed by atoms with Gasteiger partial charge in [-0.05, 0) is 51.0 Å². The van der Waals surface area contributed by atoms with Gasteiger partial charge in [-0.3, -0.25) is 0 Å². The molecule has 0 heterocycles. The van der Waals surface area contributed by atoms with Gasteiger partial charge in [0.1, 0.15) is 0 Å². The highest BCUT2D eigenvalue weighted by molar-refractivity contribution is 6.74. The van der Waals surface area contributed by atoms with E-state index in [-0.39, 0.29) is 12.2 Å². The zero-order chi connectivity index (χ0) is 19.5. The molecule has 0 spiro atoms. The molecule has 0 atom stereocenters. The van der Waals surface area contributed by atoms with E-state index in [4.69, 9.17) is 8.85 Å². The van der Waals surface area contributed by atoms with Crippen LogP contribution in [0.1, 0.15) is 33.3 Å². The summed E-state index contributed by atoms with van der Waals surface area (Å²) in [6, 6.07) is 11.7. The Kier molecular flexibility index (Phi) is 6.28. The van der Waals surface area contributed by atoms with E-state index in [9.17, 15) is 18.0 Å². The first-order chi connectivity index (χ1) is 12.0. The van der Waals surface area contributed by atoms with Gasteiger partial charge in [-0.1, -0.05) is 36.4 Å². The molecule has 0 fully saturated rings. The average molecular weight is 384 g/mol. The van der Waals surface area contributed by atoms with Gasteiger partial charge in [0.25, 0.3) is 0 Å². The molecule has 142 valence electrons. The lowest BCUT2D eigenvalue weighted by atomic mass is 10.0. The highest BCUT2D eigenvalue weighted by atomic mass is 28.4. The van der Waals surface area contributed by atoms with Crippen LogP contribution in [-0.2, 0) is 15.0 Å². The van der Waals surface area contributed by atoms with E-state index in [0.29, 0.717) is 16.3 Å². The summed E-state index contributed by atoms with van der Waals surface area (Å²) in [7, 11) is -3.60. The topological polar surface area (TPSA) is 38.7 Å². The molecule has 7 heteroatoms. The third kappa shape index (κ3) is 5.17. The summed E-state index contributed by atoms with van der Waals surface area (Å²) < 4.78 is 50.0. The second kappa shape index (κ2) is 7.92. The number of rotatable bonds is 6. The fourth-order valence-electron chi connectivity index (χ4n) is 2.55. The zero-order valence-corrected chi connectivity index (χ0v) is 16.2. The molecule has 0 aliphatic heterocycles. The summed E-state index contributed by atoms with van der Waals surface area (Å²) in [6.07, 6.45) is -4.85. The summed E-state index contributed by atoms with van der Waals surface area (Å²) in [5.74, 6) is 0. The van der Waals surface area contributed by atoms with Gasteiger partial charge in [-0.25, -0.2) is 0 Å². The minimum Gasteiger partial charge on any atom is -0.386 e. The maximum absolute atomic E-state index is 12.9. The van der Waals surface area contributed by atoms with E-state index in [1.165, 1.54) is 6.07 Å². The highest BCUT2D eigenvalue weighted by Crippen LogP contribution is 2.32. The van der Waals surface area contributed by atoms with Crippen LogP contribution in [0, 0.1) is 0 Å². The van der Waals surface area contributed by atoms with Gasteiger partial charge < -0.3 is 13.6 Å². The molecule has 1 N–H and O–H groups in total. The first-order valence-electron chi connectivity index (χ1n) is 8.37. The van der Waals surface area contributed by atoms with E-state index in [1.807, 2.05) is 0 Å². The Morgan fingerprint density at radius 3 is 1.85 bits per heavy atom. The lowest BCUT2D eigenvalue weighted by molar-refractivity contribution is -0.137. The van der Waals surface area contributed by atoms with Crippen molar-refractivity contribution >= 4 is 14.0 Å². The van der Waals surface area contributed by atoms with Crippen LogP contribution in [0.15, 0.2) is 48.5 Å². The SMILES string of the molecule is CC(C)O[Si](O)(OC(C)C)c1ccc(-c2cccc(C(F)(F)F)c2)cc1. The molecule has 0 bridgehead atoms. The molecule has 0 aromatic heterocycles. The van der Waals surface area contributed by atoms with Crippen LogP contribution < -0.4 is 5.19 Å². The lowest BCUT2D eigenvalue weighted by Gasteiger charge is -2.28. The summed E-state index contributed by atoms with van der Waals surface area (Å²) in [5, 5.41) is 0.510. The Morgan fingerprint density at radius 2 is 1.38 bits per heavy atom. The second-order valence-corrected chi connectivity index (χ2v) is 8.78. The van der Waals surface area contributed by atoms with Crippen molar-refractivity contribution in [2.24, 2.45) is 0 Å². The first kappa shape index (κ1) is 20.6. The number of hydrogen-bond donors (Lipinski definition) is 1. The van der Waals surface area contributed by atoms with Crippen molar-refractivity contribution in [3.63, 3.8) is 0 Å². The molecular weight excluding hydrogens is 361 g/mol. The van der Waals surface area contributed by atoms with Crippen molar-refractivity contribution in [3.8, 4) is 11.1 Å². The van der Waals surface area contributed by atoms with Crippen molar-refractivity contribution in [1.82, 2.24) is 0 Å². The molecule has 0 saturated carbocycles. The molecule has 26 heavy (non-hydrogen) atoms. The smallest absolute Gasteiger partial charge is 0.386 e. The molecule has 3 nitrogen and oxygen atoms in total. The van der Waals surface area contributed by atoms with Crippen molar-refractivity contribution in [3.05, 3.63) is 54.1 Å². The minimum absolute atomic E-state index is 0.228. The Balaban J connectivity index is 2.35. The maximum atomic E-state index is 12.9. The summed E-state index contributed by atoms with van der Waals surface area (Å²) in [6.45, 7) is 7.22. The molecule has 2 aromatic carbocycles. The Morgan fingerprint density at radius 1 is 0.846 bits per heavy atom. The molecule has 0 aliphatic carbocycles. The second-order valence-electron chi connectivity index (χ2n) is 6.57. The quantitative estimate of drug-likeness (QED) is 0.752. The van der Waals surface area contributed by atoms with E-state index in [1.54, 1.807) is 58.0 Å². The van der Waals surface area contributed by atoms with Gasteiger partial charge in [0, 0.05) is 17.4 Å². The molecular formula is C19H23F3O3Si. The van der Waals surface area contributed by atoms with Gasteiger partial charge in [0.2, 0.25) is 0 Å². The van der Waals surface area contributed by atoms with Crippen molar-refractivity contribution in [2.75, 3.05) is 0 Å². The van der Waals surface area contributed by atoms with E-state index in [2.05, 4.69) is 0 Å². The first-order valence-corrected chi connectivity index (χ1v) is 10.1. The average Bonchev–Trinajstić information content (AvgIpc) is 2.53. The van der Waals surface area contributed by atoms with E-state index in [0.717, 1.165) is 12.1 Å². The fraction of sp³-hybridized carbons (Fsp3) is 0.368. The number of alkyl halides is 3. The molecule has 0 unspecified atom stereocenters. The van der Waals surface area contributed by atoms with Crippen LogP contribution in [0.3, 0.4) is 0 Å². The van der Waals surface area contributed by atoms with Crippen LogP contribution in [-0.4, -0.2) is 25.8 Å². The van der Waals surface area contributed by atoms with Gasteiger partial charge >= 0.3 is 15.0 Å². The monoisotopic (exact) mass is 384 g/mol. The standard InChI is InChI=1S/C19H23F3O3Si/c1-13(2)24-26(23,25-14(3)4)18-10-8-15(9-11-18)16-6-5-7-17(12-16)19(20,21)22/h5-14,23H,1-4H3. The maximum Gasteiger partial charge on any atom is 0.534 e. The van der Waals surface area contributed by atoms with Crippen molar-refractivity contribution in [1.29, 1.82) is 0 Å². The third-order valence-electron chi connectivity index (χ3n) is 3.56. The Bertz CT molecular complexity index is 718. The molecule has 2 aromatic rings. The number of benzene rings is 2. The minimum atomic E-state index is -4.39. The van der Waals surface area contributed by atoms with Gasteiger partial charge in [0.15, 0.2) is 0 Å². The summed E-state index contributed by atoms with van der Waals surface area (Å²) in [4.78, 5) is 10.9. The van der Waals surface area contributed by atoms with Gasteiger partial charge in [0.05, 0.1) is 5.56 Å². The predicted octanol–water partition coefficient (Wildman–Crippen LogP) is 4.36. The molecule has 0 saturated heterocycles. The van der Waals surface area contributed by atoms with Crippen LogP contribution >= 0.6 is 0 Å². The lowest BCUT2D eigenvalue weighted by Crippen LogP contribution is -2.56. The van der Waals surface area contributed by atoms with E-state index >= 15 is 0 Å². The molecule has 0 aliphatic rings. The van der Waals surface area contributed by atoms with Gasteiger partial charge in [-0.15, -0.1) is 0 Å².